The summed E-state index contributed by atoms with van der Waals surface area (Å²) in [6, 6.07) is 10.6. The van der Waals surface area contributed by atoms with E-state index in [-0.39, 0.29) is 11.5 Å². The Morgan fingerprint density at radius 3 is 2.18 bits per heavy atom. The number of carboxylic acid groups (broad SMARTS) is 1. The van der Waals surface area contributed by atoms with Gasteiger partial charge in [0, 0.05) is 7.05 Å². The first kappa shape index (κ1) is 21.3. The fourth-order valence-corrected chi connectivity index (χ4v) is 3.80. The molecule has 0 saturated carbocycles. The van der Waals surface area contributed by atoms with E-state index in [0.717, 1.165) is 4.31 Å². The summed E-state index contributed by atoms with van der Waals surface area (Å²) >= 11 is 0. The summed E-state index contributed by atoms with van der Waals surface area (Å²) < 4.78 is 37.1. The molecule has 28 heavy (non-hydrogen) atoms. The van der Waals surface area contributed by atoms with Crippen molar-refractivity contribution in [3.8, 4) is 23.3 Å². The van der Waals surface area contributed by atoms with Crippen LogP contribution in [0.4, 0.5) is 0 Å². The molecule has 0 fully saturated rings. The normalized spacial score (nSPS) is 12.0. The van der Waals surface area contributed by atoms with Crippen LogP contribution in [0.1, 0.15) is 18.5 Å². The van der Waals surface area contributed by atoms with E-state index in [0.29, 0.717) is 17.1 Å². The number of rotatable bonds is 8. The number of methoxy groups -OCH3 is 1. The van der Waals surface area contributed by atoms with Gasteiger partial charge in [0.05, 0.1) is 12.0 Å². The standard InChI is InChI=1S/C20H21NO6S/c1-4-5-14-27-17-10-12-18(13-11-17)28(24,25)21(2)19(20(22)23)15-6-8-16(26-3)9-7-15/h6-13,19H,14H2,1-3H3,(H,22,23). The summed E-state index contributed by atoms with van der Waals surface area (Å²) in [4.78, 5) is 11.8. The lowest BCUT2D eigenvalue weighted by Gasteiger charge is -2.24. The smallest absolute Gasteiger partial charge is 0.326 e. The quantitative estimate of drug-likeness (QED) is 0.681. The molecule has 8 heteroatoms. The molecule has 0 spiro atoms. The lowest BCUT2D eigenvalue weighted by molar-refractivity contribution is -0.141. The van der Waals surface area contributed by atoms with E-state index in [2.05, 4.69) is 11.8 Å². The maximum absolute atomic E-state index is 12.9. The van der Waals surface area contributed by atoms with Crippen molar-refractivity contribution < 1.29 is 27.8 Å². The monoisotopic (exact) mass is 403 g/mol. The van der Waals surface area contributed by atoms with Gasteiger partial charge in [-0.3, -0.25) is 4.79 Å². The Morgan fingerprint density at radius 2 is 1.68 bits per heavy atom. The van der Waals surface area contributed by atoms with Gasteiger partial charge in [-0.2, -0.15) is 4.31 Å². The van der Waals surface area contributed by atoms with Gasteiger partial charge in [0.2, 0.25) is 10.0 Å². The molecule has 1 atom stereocenters. The number of benzene rings is 2. The van der Waals surface area contributed by atoms with Crippen LogP contribution in [-0.2, 0) is 14.8 Å². The molecule has 0 aliphatic rings. The van der Waals surface area contributed by atoms with Crippen molar-refractivity contribution in [2.75, 3.05) is 20.8 Å². The Balaban J connectivity index is 2.30. The molecule has 0 heterocycles. The van der Waals surface area contributed by atoms with Gasteiger partial charge in [0.25, 0.3) is 0 Å². The van der Waals surface area contributed by atoms with Crippen molar-refractivity contribution in [2.45, 2.75) is 17.9 Å². The van der Waals surface area contributed by atoms with E-state index in [1.54, 1.807) is 19.1 Å². The van der Waals surface area contributed by atoms with Crippen LogP contribution in [-0.4, -0.2) is 44.6 Å². The second kappa shape index (κ2) is 9.26. The number of hydrogen-bond acceptors (Lipinski definition) is 5. The molecular formula is C20H21NO6S. The maximum atomic E-state index is 12.9. The van der Waals surface area contributed by atoms with Crippen molar-refractivity contribution in [3.63, 3.8) is 0 Å². The highest BCUT2D eigenvalue weighted by atomic mass is 32.2. The number of nitrogens with zero attached hydrogens (tertiary/aromatic N) is 1. The highest BCUT2D eigenvalue weighted by Crippen LogP contribution is 2.28. The summed E-state index contributed by atoms with van der Waals surface area (Å²) in [5.41, 5.74) is 0.317. The number of aliphatic carboxylic acids is 1. The minimum absolute atomic E-state index is 0.0383. The van der Waals surface area contributed by atoms with Crippen molar-refractivity contribution in [3.05, 3.63) is 54.1 Å². The zero-order valence-electron chi connectivity index (χ0n) is 15.7. The first-order valence-electron chi connectivity index (χ1n) is 8.28. The Bertz CT molecular complexity index is 972. The molecular weight excluding hydrogens is 382 g/mol. The second-order valence-corrected chi connectivity index (χ2v) is 7.72. The number of carboxylic acids is 1. The first-order chi connectivity index (χ1) is 13.3. The van der Waals surface area contributed by atoms with E-state index >= 15 is 0 Å². The van der Waals surface area contributed by atoms with Crippen LogP contribution in [0.15, 0.2) is 53.4 Å². The van der Waals surface area contributed by atoms with Gasteiger partial charge in [-0.15, -0.1) is 5.92 Å². The number of likely N-dealkylation sites (N-methyl/N-ethyl adjacent to an activating group) is 1. The van der Waals surface area contributed by atoms with Gasteiger partial charge in [-0.25, -0.2) is 8.42 Å². The largest absolute Gasteiger partial charge is 0.497 e. The minimum Gasteiger partial charge on any atom is -0.497 e. The van der Waals surface area contributed by atoms with Crippen molar-refractivity contribution >= 4 is 16.0 Å². The van der Waals surface area contributed by atoms with Gasteiger partial charge >= 0.3 is 5.97 Å². The predicted octanol–water partition coefficient (Wildman–Crippen LogP) is 2.54. The number of ether oxygens (including phenoxy) is 2. The molecule has 0 aliphatic carbocycles. The lowest BCUT2D eigenvalue weighted by Crippen LogP contribution is -2.35. The highest BCUT2D eigenvalue weighted by Gasteiger charge is 2.34. The van der Waals surface area contributed by atoms with Gasteiger partial charge in [0.1, 0.15) is 24.1 Å². The van der Waals surface area contributed by atoms with Crippen LogP contribution in [0.3, 0.4) is 0 Å². The minimum atomic E-state index is -4.05. The van der Waals surface area contributed by atoms with Crippen molar-refractivity contribution in [1.29, 1.82) is 0 Å². The van der Waals surface area contributed by atoms with E-state index in [9.17, 15) is 18.3 Å². The predicted molar refractivity (Wildman–Crippen MR) is 104 cm³/mol. The Labute approximate surface area is 164 Å². The molecule has 0 aliphatic heterocycles. The molecule has 2 rings (SSSR count). The van der Waals surface area contributed by atoms with Crippen LogP contribution in [0, 0.1) is 11.8 Å². The van der Waals surface area contributed by atoms with E-state index in [1.165, 1.54) is 50.6 Å². The van der Waals surface area contributed by atoms with E-state index < -0.39 is 22.0 Å². The highest BCUT2D eigenvalue weighted by molar-refractivity contribution is 7.89. The van der Waals surface area contributed by atoms with Crippen LogP contribution >= 0.6 is 0 Å². The van der Waals surface area contributed by atoms with Gasteiger partial charge in [-0.05, 0) is 48.9 Å². The number of carbonyl (C=O) groups is 1. The third kappa shape index (κ3) is 4.82. The third-order valence-electron chi connectivity index (χ3n) is 4.02. The fourth-order valence-electron chi connectivity index (χ4n) is 2.50. The molecule has 1 N–H and O–H groups in total. The third-order valence-corrected chi connectivity index (χ3v) is 5.85. The number of hydrogen-bond donors (Lipinski definition) is 1. The average molecular weight is 403 g/mol. The summed E-state index contributed by atoms with van der Waals surface area (Å²) in [5, 5.41) is 9.63. The first-order valence-corrected chi connectivity index (χ1v) is 9.72. The molecule has 1 unspecified atom stereocenters. The maximum Gasteiger partial charge on any atom is 0.326 e. The average Bonchev–Trinajstić information content (AvgIpc) is 2.69. The van der Waals surface area contributed by atoms with Crippen molar-refractivity contribution in [1.82, 2.24) is 4.31 Å². The molecule has 7 nitrogen and oxygen atoms in total. The second-order valence-electron chi connectivity index (χ2n) is 5.72. The molecule has 0 amide bonds. The lowest BCUT2D eigenvalue weighted by atomic mass is 10.1. The molecule has 0 bridgehead atoms. The number of sulfonamides is 1. The molecule has 2 aromatic rings. The topological polar surface area (TPSA) is 93.1 Å². The SMILES string of the molecule is CC#CCOc1ccc(S(=O)(=O)N(C)C(C(=O)O)c2ccc(OC)cc2)cc1. The molecule has 148 valence electrons. The van der Waals surface area contributed by atoms with Crippen LogP contribution in [0.5, 0.6) is 11.5 Å². The zero-order chi connectivity index (χ0) is 20.7. The van der Waals surface area contributed by atoms with E-state index in [4.69, 9.17) is 9.47 Å². The Hall–Kier alpha value is -3.02. The van der Waals surface area contributed by atoms with Crippen LogP contribution in [0.2, 0.25) is 0 Å². The summed E-state index contributed by atoms with van der Waals surface area (Å²) in [5.74, 6) is 5.16. The molecule has 2 aromatic carbocycles. The van der Waals surface area contributed by atoms with Gasteiger partial charge < -0.3 is 14.6 Å². The van der Waals surface area contributed by atoms with Gasteiger partial charge in [-0.1, -0.05) is 18.1 Å². The summed E-state index contributed by atoms with van der Waals surface area (Å²) in [7, 11) is -1.33. The molecule has 0 aromatic heterocycles. The van der Waals surface area contributed by atoms with Crippen LogP contribution in [0.25, 0.3) is 0 Å². The summed E-state index contributed by atoms with van der Waals surface area (Å²) in [6.45, 7) is 1.89. The Kier molecular flexibility index (Phi) is 7.04. The van der Waals surface area contributed by atoms with E-state index in [1.807, 2.05) is 0 Å². The Morgan fingerprint density at radius 1 is 1.11 bits per heavy atom. The fraction of sp³-hybridized carbons (Fsp3) is 0.250. The van der Waals surface area contributed by atoms with Crippen molar-refractivity contribution in [2.24, 2.45) is 0 Å². The zero-order valence-corrected chi connectivity index (χ0v) is 16.6. The van der Waals surface area contributed by atoms with Gasteiger partial charge in [0.15, 0.2) is 0 Å². The molecule has 0 radical (unpaired) electrons. The molecule has 0 saturated heterocycles. The summed E-state index contributed by atoms with van der Waals surface area (Å²) in [6.07, 6.45) is 0. The van der Waals surface area contributed by atoms with Crippen LogP contribution < -0.4 is 9.47 Å².